The van der Waals surface area contributed by atoms with Gasteiger partial charge in [-0.25, -0.2) is 4.98 Å². The summed E-state index contributed by atoms with van der Waals surface area (Å²) >= 11 is 0. The lowest BCUT2D eigenvalue weighted by Crippen LogP contribution is -2.25. The first-order valence-corrected chi connectivity index (χ1v) is 10.5. The van der Waals surface area contributed by atoms with Crippen molar-refractivity contribution in [1.29, 1.82) is 0 Å². The SMILES string of the molecule is Cc1nc2nnc3ccc(C(=O)NCCc4cccnc4)cc3c2n1C1CCCC1. The van der Waals surface area contributed by atoms with Crippen molar-refractivity contribution in [3.8, 4) is 0 Å². The molecule has 3 aromatic heterocycles. The van der Waals surface area contributed by atoms with Gasteiger partial charge in [-0.1, -0.05) is 18.9 Å². The van der Waals surface area contributed by atoms with Gasteiger partial charge in [0.15, 0.2) is 0 Å². The van der Waals surface area contributed by atoms with Gasteiger partial charge in [-0.05, 0) is 56.0 Å². The summed E-state index contributed by atoms with van der Waals surface area (Å²) in [5.74, 6) is 0.874. The van der Waals surface area contributed by atoms with Crippen LogP contribution in [0.25, 0.3) is 22.1 Å². The molecule has 152 valence electrons. The number of benzene rings is 1. The third-order valence-corrected chi connectivity index (χ3v) is 5.95. The topological polar surface area (TPSA) is 85.6 Å². The summed E-state index contributed by atoms with van der Waals surface area (Å²) in [6, 6.07) is 9.97. The average Bonchev–Trinajstić information content (AvgIpc) is 3.41. The van der Waals surface area contributed by atoms with E-state index in [1.165, 1.54) is 12.8 Å². The fourth-order valence-electron chi connectivity index (χ4n) is 4.48. The van der Waals surface area contributed by atoms with Crippen LogP contribution in [0.3, 0.4) is 0 Å². The molecule has 0 unspecified atom stereocenters. The highest BCUT2D eigenvalue weighted by molar-refractivity contribution is 6.05. The molecule has 3 heterocycles. The standard InChI is InChI=1S/C23H24N6O/c1-15-26-22-21(29(15)18-6-2-3-7-18)19-13-17(8-9-20(19)27-28-22)23(30)25-12-10-16-5-4-11-24-14-16/h4-5,8-9,11,13-14,18H,2-3,6-7,10,12H2,1H3,(H,25,30). The van der Waals surface area contributed by atoms with E-state index in [4.69, 9.17) is 0 Å². The molecule has 0 saturated heterocycles. The zero-order valence-corrected chi connectivity index (χ0v) is 17.0. The zero-order valence-electron chi connectivity index (χ0n) is 17.0. The third-order valence-electron chi connectivity index (χ3n) is 5.95. The third kappa shape index (κ3) is 3.40. The van der Waals surface area contributed by atoms with Gasteiger partial charge in [0.05, 0.1) is 11.0 Å². The van der Waals surface area contributed by atoms with Crippen LogP contribution in [0.4, 0.5) is 0 Å². The summed E-state index contributed by atoms with van der Waals surface area (Å²) in [6.45, 7) is 2.59. The van der Waals surface area contributed by atoms with Crippen molar-refractivity contribution < 1.29 is 4.79 Å². The number of nitrogens with one attached hydrogen (secondary N) is 1. The molecule has 1 aliphatic rings. The van der Waals surface area contributed by atoms with Gasteiger partial charge in [-0.2, -0.15) is 0 Å². The Kier molecular flexibility index (Phi) is 4.86. The number of aromatic nitrogens is 5. The monoisotopic (exact) mass is 400 g/mol. The minimum atomic E-state index is -0.0885. The molecule has 1 N–H and O–H groups in total. The van der Waals surface area contributed by atoms with Gasteiger partial charge >= 0.3 is 0 Å². The molecule has 1 amide bonds. The van der Waals surface area contributed by atoms with Crippen molar-refractivity contribution >= 4 is 28.0 Å². The number of carbonyl (C=O) groups is 1. The lowest BCUT2D eigenvalue weighted by Gasteiger charge is -2.15. The number of pyridine rings is 1. The number of amides is 1. The highest BCUT2D eigenvalue weighted by Gasteiger charge is 2.23. The fraction of sp³-hybridized carbons (Fsp3) is 0.348. The Balaban J connectivity index is 1.46. The molecule has 0 radical (unpaired) electrons. The second-order valence-electron chi connectivity index (χ2n) is 7.94. The van der Waals surface area contributed by atoms with Crippen LogP contribution in [0.2, 0.25) is 0 Å². The minimum absolute atomic E-state index is 0.0885. The molecule has 7 nitrogen and oxygen atoms in total. The van der Waals surface area contributed by atoms with Gasteiger partial charge in [0.1, 0.15) is 5.82 Å². The molecule has 0 aliphatic heterocycles. The second kappa shape index (κ2) is 7.82. The molecule has 1 saturated carbocycles. The summed E-state index contributed by atoms with van der Waals surface area (Å²) in [6.07, 6.45) is 9.12. The molecule has 0 bridgehead atoms. The van der Waals surface area contributed by atoms with E-state index in [0.29, 0.717) is 23.8 Å². The van der Waals surface area contributed by atoms with E-state index in [-0.39, 0.29) is 5.91 Å². The maximum Gasteiger partial charge on any atom is 0.251 e. The lowest BCUT2D eigenvalue weighted by molar-refractivity contribution is 0.0954. The molecule has 30 heavy (non-hydrogen) atoms. The first kappa shape index (κ1) is 18.7. The molecule has 1 fully saturated rings. The molecule has 5 rings (SSSR count). The van der Waals surface area contributed by atoms with Crippen molar-refractivity contribution in [2.24, 2.45) is 0 Å². The van der Waals surface area contributed by atoms with E-state index in [1.807, 2.05) is 43.5 Å². The summed E-state index contributed by atoms with van der Waals surface area (Å²) in [4.78, 5) is 21.5. The van der Waals surface area contributed by atoms with Crippen molar-refractivity contribution in [2.45, 2.75) is 45.1 Å². The van der Waals surface area contributed by atoms with Crippen molar-refractivity contribution in [3.63, 3.8) is 0 Å². The normalized spacial score (nSPS) is 14.6. The van der Waals surface area contributed by atoms with Gasteiger partial charge < -0.3 is 9.88 Å². The molecule has 0 spiro atoms. The van der Waals surface area contributed by atoms with E-state index in [0.717, 1.165) is 47.1 Å². The van der Waals surface area contributed by atoms with Crippen LogP contribution >= 0.6 is 0 Å². The van der Waals surface area contributed by atoms with E-state index in [2.05, 4.69) is 30.0 Å². The fourth-order valence-corrected chi connectivity index (χ4v) is 4.48. The molecular formula is C23H24N6O. The Morgan fingerprint density at radius 2 is 2.07 bits per heavy atom. The van der Waals surface area contributed by atoms with E-state index in [1.54, 1.807) is 6.20 Å². The number of rotatable bonds is 5. The summed E-state index contributed by atoms with van der Waals surface area (Å²) in [5, 5.41) is 12.6. The van der Waals surface area contributed by atoms with Crippen LogP contribution in [-0.4, -0.2) is 37.2 Å². The first-order valence-electron chi connectivity index (χ1n) is 10.5. The van der Waals surface area contributed by atoms with Gasteiger partial charge in [0, 0.05) is 35.9 Å². The predicted octanol–water partition coefficient (Wildman–Crippen LogP) is 3.77. The van der Waals surface area contributed by atoms with Crippen molar-refractivity contribution in [3.05, 3.63) is 59.7 Å². The zero-order chi connectivity index (χ0) is 20.5. The number of hydrogen-bond acceptors (Lipinski definition) is 5. The highest BCUT2D eigenvalue weighted by atomic mass is 16.1. The number of fused-ring (bicyclic) bond motifs is 3. The molecule has 1 aromatic carbocycles. The Bertz CT molecular complexity index is 1210. The van der Waals surface area contributed by atoms with Crippen LogP contribution in [0.1, 0.15) is 53.5 Å². The quantitative estimate of drug-likeness (QED) is 0.551. The van der Waals surface area contributed by atoms with Gasteiger partial charge in [-0.15, -0.1) is 10.2 Å². The Hall–Kier alpha value is -3.35. The van der Waals surface area contributed by atoms with Gasteiger partial charge in [0.2, 0.25) is 5.65 Å². The van der Waals surface area contributed by atoms with Crippen LogP contribution < -0.4 is 5.32 Å². The van der Waals surface area contributed by atoms with Crippen LogP contribution in [0.5, 0.6) is 0 Å². The Labute approximate surface area is 174 Å². The number of hydrogen-bond donors (Lipinski definition) is 1. The predicted molar refractivity (Wildman–Crippen MR) is 115 cm³/mol. The minimum Gasteiger partial charge on any atom is -0.352 e. The summed E-state index contributed by atoms with van der Waals surface area (Å²) < 4.78 is 2.31. The Morgan fingerprint density at radius 1 is 1.20 bits per heavy atom. The smallest absolute Gasteiger partial charge is 0.251 e. The van der Waals surface area contributed by atoms with Crippen LogP contribution in [0.15, 0.2) is 42.7 Å². The number of carbonyl (C=O) groups excluding carboxylic acids is 1. The average molecular weight is 400 g/mol. The lowest BCUT2D eigenvalue weighted by atomic mass is 10.1. The number of imidazole rings is 1. The number of aryl methyl sites for hydroxylation is 1. The van der Waals surface area contributed by atoms with E-state index >= 15 is 0 Å². The maximum atomic E-state index is 12.8. The van der Waals surface area contributed by atoms with Gasteiger partial charge in [0.25, 0.3) is 5.91 Å². The number of nitrogens with zero attached hydrogens (tertiary/aromatic N) is 5. The molecular weight excluding hydrogens is 376 g/mol. The largest absolute Gasteiger partial charge is 0.352 e. The molecule has 1 aliphatic carbocycles. The van der Waals surface area contributed by atoms with Crippen molar-refractivity contribution in [1.82, 2.24) is 30.0 Å². The Morgan fingerprint density at radius 3 is 2.87 bits per heavy atom. The maximum absolute atomic E-state index is 12.8. The molecule has 7 heteroatoms. The highest BCUT2D eigenvalue weighted by Crippen LogP contribution is 2.35. The van der Waals surface area contributed by atoms with E-state index in [9.17, 15) is 4.79 Å². The van der Waals surface area contributed by atoms with E-state index < -0.39 is 0 Å². The molecule has 0 atom stereocenters. The summed E-state index contributed by atoms with van der Waals surface area (Å²) in [5.41, 5.74) is 4.16. The van der Waals surface area contributed by atoms with Crippen LogP contribution in [-0.2, 0) is 6.42 Å². The van der Waals surface area contributed by atoms with Crippen molar-refractivity contribution in [2.75, 3.05) is 6.54 Å². The van der Waals surface area contributed by atoms with Gasteiger partial charge in [-0.3, -0.25) is 9.78 Å². The molecule has 4 aromatic rings. The summed E-state index contributed by atoms with van der Waals surface area (Å²) in [7, 11) is 0. The first-order chi connectivity index (χ1) is 14.7. The second-order valence-corrected chi connectivity index (χ2v) is 7.94. The van der Waals surface area contributed by atoms with Crippen LogP contribution in [0, 0.1) is 6.92 Å².